The topological polar surface area (TPSA) is 78.4 Å². The standard InChI is InChI=1S/C16H19F3N2O3/c1-9-5-6-10(14(23)20-8-16(17,18)19)7-12(9)21-15(24)11-3-2-4-13(11)22/h5-7,11,13,22H,2-4,8H2,1H3,(H,20,23)(H,21,24). The molecule has 2 atom stereocenters. The van der Waals surface area contributed by atoms with Crippen LogP contribution < -0.4 is 10.6 Å². The summed E-state index contributed by atoms with van der Waals surface area (Å²) in [6.45, 7) is 0.285. The molecule has 1 saturated carbocycles. The third-order valence-electron chi connectivity index (χ3n) is 4.02. The van der Waals surface area contributed by atoms with Gasteiger partial charge in [0.05, 0.1) is 12.0 Å². The highest BCUT2D eigenvalue weighted by atomic mass is 19.4. The smallest absolute Gasteiger partial charge is 0.392 e. The van der Waals surface area contributed by atoms with Gasteiger partial charge in [-0.3, -0.25) is 9.59 Å². The van der Waals surface area contributed by atoms with E-state index < -0.39 is 30.7 Å². The van der Waals surface area contributed by atoms with E-state index in [1.807, 2.05) is 0 Å². The van der Waals surface area contributed by atoms with E-state index in [1.54, 1.807) is 18.3 Å². The van der Waals surface area contributed by atoms with Crippen molar-refractivity contribution in [2.45, 2.75) is 38.5 Å². The summed E-state index contributed by atoms with van der Waals surface area (Å²) >= 11 is 0. The van der Waals surface area contributed by atoms with Crippen LogP contribution in [0.2, 0.25) is 0 Å². The first-order valence-corrected chi connectivity index (χ1v) is 7.62. The van der Waals surface area contributed by atoms with Crippen LogP contribution in [-0.2, 0) is 4.79 Å². The van der Waals surface area contributed by atoms with Gasteiger partial charge >= 0.3 is 6.18 Å². The van der Waals surface area contributed by atoms with Gasteiger partial charge in [0.25, 0.3) is 5.91 Å². The highest BCUT2D eigenvalue weighted by molar-refractivity contribution is 5.98. The normalized spacial score (nSPS) is 20.7. The summed E-state index contributed by atoms with van der Waals surface area (Å²) in [5.41, 5.74) is 1.04. The van der Waals surface area contributed by atoms with Gasteiger partial charge in [0.15, 0.2) is 0 Å². The van der Waals surface area contributed by atoms with E-state index in [0.29, 0.717) is 24.1 Å². The van der Waals surface area contributed by atoms with Crippen molar-refractivity contribution in [1.29, 1.82) is 0 Å². The lowest BCUT2D eigenvalue weighted by Crippen LogP contribution is -2.33. The molecule has 0 bridgehead atoms. The number of carbonyl (C=O) groups is 2. The van der Waals surface area contributed by atoms with Crippen molar-refractivity contribution in [3.63, 3.8) is 0 Å². The van der Waals surface area contributed by atoms with E-state index in [-0.39, 0.29) is 11.5 Å². The van der Waals surface area contributed by atoms with Gasteiger partial charge < -0.3 is 15.7 Å². The van der Waals surface area contributed by atoms with Crippen LogP contribution in [0.25, 0.3) is 0 Å². The predicted molar refractivity (Wildman–Crippen MR) is 81.5 cm³/mol. The molecular weight excluding hydrogens is 325 g/mol. The van der Waals surface area contributed by atoms with E-state index >= 15 is 0 Å². The van der Waals surface area contributed by atoms with Gasteiger partial charge in [-0.05, 0) is 43.9 Å². The van der Waals surface area contributed by atoms with Crippen molar-refractivity contribution in [2.24, 2.45) is 5.92 Å². The molecule has 0 spiro atoms. The molecule has 132 valence electrons. The first-order chi connectivity index (χ1) is 11.2. The fourth-order valence-electron chi connectivity index (χ4n) is 2.65. The number of alkyl halides is 3. The molecule has 5 nitrogen and oxygen atoms in total. The Kier molecular flexibility index (Phi) is 5.48. The number of aliphatic hydroxyl groups is 1. The molecule has 0 radical (unpaired) electrons. The second-order valence-electron chi connectivity index (χ2n) is 5.92. The number of aliphatic hydroxyl groups excluding tert-OH is 1. The number of benzene rings is 1. The van der Waals surface area contributed by atoms with Crippen LogP contribution in [0.15, 0.2) is 18.2 Å². The molecule has 2 rings (SSSR count). The predicted octanol–water partition coefficient (Wildman–Crippen LogP) is 2.39. The Hall–Kier alpha value is -2.09. The van der Waals surface area contributed by atoms with Gasteiger partial charge in [0, 0.05) is 11.3 Å². The summed E-state index contributed by atoms with van der Waals surface area (Å²) < 4.78 is 36.5. The largest absolute Gasteiger partial charge is 0.405 e. The Morgan fingerprint density at radius 3 is 2.58 bits per heavy atom. The Morgan fingerprint density at radius 1 is 1.29 bits per heavy atom. The maximum Gasteiger partial charge on any atom is 0.405 e. The summed E-state index contributed by atoms with van der Waals surface area (Å²) in [5, 5.41) is 14.2. The molecule has 3 N–H and O–H groups in total. The first kappa shape index (κ1) is 18.3. The molecule has 24 heavy (non-hydrogen) atoms. The lowest BCUT2D eigenvalue weighted by molar-refractivity contribution is -0.123. The molecule has 1 aliphatic carbocycles. The summed E-state index contributed by atoms with van der Waals surface area (Å²) in [5.74, 6) is -1.73. The molecule has 1 aromatic rings. The van der Waals surface area contributed by atoms with Crippen LogP contribution >= 0.6 is 0 Å². The van der Waals surface area contributed by atoms with Crippen molar-refractivity contribution >= 4 is 17.5 Å². The van der Waals surface area contributed by atoms with Crippen molar-refractivity contribution in [3.05, 3.63) is 29.3 Å². The van der Waals surface area contributed by atoms with Gasteiger partial charge in [0.1, 0.15) is 6.54 Å². The number of halogens is 3. The molecule has 0 heterocycles. The summed E-state index contributed by atoms with van der Waals surface area (Å²) in [6, 6.07) is 4.27. The van der Waals surface area contributed by atoms with E-state index in [4.69, 9.17) is 0 Å². The molecule has 8 heteroatoms. The first-order valence-electron chi connectivity index (χ1n) is 7.62. The van der Waals surface area contributed by atoms with Crippen LogP contribution in [0.5, 0.6) is 0 Å². The van der Waals surface area contributed by atoms with Gasteiger partial charge in [-0.1, -0.05) is 6.07 Å². The second kappa shape index (κ2) is 7.21. The van der Waals surface area contributed by atoms with Crippen LogP contribution in [0, 0.1) is 12.8 Å². The maximum atomic E-state index is 12.2. The number of hydrogen-bond donors (Lipinski definition) is 3. The van der Waals surface area contributed by atoms with Gasteiger partial charge in [-0.25, -0.2) is 0 Å². The molecule has 0 aliphatic heterocycles. The lowest BCUT2D eigenvalue weighted by atomic mass is 10.0. The summed E-state index contributed by atoms with van der Waals surface area (Å²) in [4.78, 5) is 24.0. The Morgan fingerprint density at radius 2 is 2.00 bits per heavy atom. The summed E-state index contributed by atoms with van der Waals surface area (Å²) in [6.07, 6.45) is -3.27. The number of rotatable bonds is 4. The van der Waals surface area contributed by atoms with Gasteiger partial charge in [0.2, 0.25) is 5.91 Å². The molecule has 0 aromatic heterocycles. The van der Waals surface area contributed by atoms with Crippen LogP contribution in [0.4, 0.5) is 18.9 Å². The third kappa shape index (κ3) is 4.70. The number of carbonyl (C=O) groups excluding carboxylic acids is 2. The highest BCUT2D eigenvalue weighted by Gasteiger charge is 2.32. The van der Waals surface area contributed by atoms with Gasteiger partial charge in [-0.15, -0.1) is 0 Å². The van der Waals surface area contributed by atoms with Crippen LogP contribution in [0.3, 0.4) is 0 Å². The molecule has 1 aromatic carbocycles. The van der Waals surface area contributed by atoms with Crippen molar-refractivity contribution in [3.8, 4) is 0 Å². The highest BCUT2D eigenvalue weighted by Crippen LogP contribution is 2.27. The van der Waals surface area contributed by atoms with Gasteiger partial charge in [-0.2, -0.15) is 13.2 Å². The zero-order chi connectivity index (χ0) is 17.9. The average Bonchev–Trinajstić information content (AvgIpc) is 2.92. The number of hydrogen-bond acceptors (Lipinski definition) is 3. The number of amides is 2. The van der Waals surface area contributed by atoms with E-state index in [0.717, 1.165) is 6.42 Å². The fraction of sp³-hybridized carbons (Fsp3) is 0.500. The quantitative estimate of drug-likeness (QED) is 0.785. The Labute approximate surface area is 137 Å². The van der Waals surface area contributed by atoms with E-state index in [9.17, 15) is 27.9 Å². The monoisotopic (exact) mass is 344 g/mol. The summed E-state index contributed by atoms with van der Waals surface area (Å²) in [7, 11) is 0. The van der Waals surface area contributed by atoms with Crippen molar-refractivity contribution in [2.75, 3.05) is 11.9 Å². The van der Waals surface area contributed by atoms with Crippen LogP contribution in [-0.4, -0.2) is 35.7 Å². The zero-order valence-corrected chi connectivity index (χ0v) is 13.1. The molecule has 0 saturated heterocycles. The van der Waals surface area contributed by atoms with Crippen molar-refractivity contribution in [1.82, 2.24) is 5.32 Å². The number of anilines is 1. The molecular formula is C16H19F3N2O3. The second-order valence-corrected chi connectivity index (χ2v) is 5.92. The fourth-order valence-corrected chi connectivity index (χ4v) is 2.65. The minimum Gasteiger partial charge on any atom is -0.392 e. The molecule has 2 amide bonds. The SMILES string of the molecule is Cc1ccc(C(=O)NCC(F)(F)F)cc1NC(=O)C1CCCC1O. The molecule has 1 fully saturated rings. The molecule has 1 aliphatic rings. The van der Waals surface area contributed by atoms with E-state index in [2.05, 4.69) is 5.32 Å². The zero-order valence-electron chi connectivity index (χ0n) is 13.1. The number of nitrogens with one attached hydrogen (secondary N) is 2. The minimum absolute atomic E-state index is 0.0205. The Bertz CT molecular complexity index is 631. The maximum absolute atomic E-state index is 12.2. The third-order valence-corrected chi connectivity index (χ3v) is 4.02. The average molecular weight is 344 g/mol. The number of aryl methyl sites for hydroxylation is 1. The Balaban J connectivity index is 2.08. The van der Waals surface area contributed by atoms with E-state index in [1.165, 1.54) is 12.1 Å². The molecule has 2 unspecified atom stereocenters. The van der Waals surface area contributed by atoms with Crippen molar-refractivity contribution < 1.29 is 27.9 Å². The lowest BCUT2D eigenvalue weighted by Gasteiger charge is -2.16. The van der Waals surface area contributed by atoms with Crippen LogP contribution in [0.1, 0.15) is 35.2 Å². The minimum atomic E-state index is -4.49.